The Balaban J connectivity index is 1.44. The number of benzene rings is 3. The number of ether oxygens (including phenoxy) is 2. The maximum absolute atomic E-state index is 12.4. The first-order valence-electron chi connectivity index (χ1n) is 13.0. The van der Waals surface area contributed by atoms with E-state index in [1.54, 1.807) is 10.8 Å². The maximum Gasteiger partial charge on any atom is 0.253 e. The third kappa shape index (κ3) is 5.60. The van der Waals surface area contributed by atoms with E-state index in [1.807, 2.05) is 86.6 Å². The van der Waals surface area contributed by atoms with Gasteiger partial charge >= 0.3 is 0 Å². The molecule has 9 heteroatoms. The second-order valence-corrected chi connectivity index (χ2v) is 9.48. The number of nitrogens with two attached hydrogens (primary N) is 2. The van der Waals surface area contributed by atoms with Crippen molar-refractivity contribution in [2.24, 2.45) is 5.73 Å². The van der Waals surface area contributed by atoms with Crippen LogP contribution in [0.5, 0.6) is 5.75 Å². The van der Waals surface area contributed by atoms with Crippen LogP contribution in [0.1, 0.15) is 32.6 Å². The number of hydrogen-bond acceptors (Lipinski definition) is 7. The smallest absolute Gasteiger partial charge is 0.253 e. The van der Waals surface area contributed by atoms with Gasteiger partial charge in [-0.1, -0.05) is 66.7 Å². The standard InChI is InChI=1S/C31H32N6O3/c1-20-13-14-25(40-19-23-11-7-4-8-12-23)21(2)27(20)37-28(32)26(29(33)38)24-17-35-31(36-30(24)37)34-15-16-39-18-22-9-5-3-6-10-22/h3-14,17H,15-16,18-19,32H2,1-2H3,(H2,33,38)(H,34,35,36). The Bertz CT molecular complexity index is 1630. The van der Waals surface area contributed by atoms with Crippen molar-refractivity contribution in [2.75, 3.05) is 24.2 Å². The van der Waals surface area contributed by atoms with E-state index in [2.05, 4.69) is 10.3 Å². The molecule has 9 nitrogen and oxygen atoms in total. The van der Waals surface area contributed by atoms with Gasteiger partial charge in [-0.3, -0.25) is 9.36 Å². The van der Waals surface area contributed by atoms with Gasteiger partial charge < -0.3 is 26.3 Å². The normalized spacial score (nSPS) is 11.1. The van der Waals surface area contributed by atoms with Gasteiger partial charge in [0.1, 0.15) is 18.2 Å². The second kappa shape index (κ2) is 11.9. The molecule has 0 fully saturated rings. The summed E-state index contributed by atoms with van der Waals surface area (Å²) in [6.45, 7) is 5.83. The molecule has 204 valence electrons. The first-order valence-corrected chi connectivity index (χ1v) is 13.0. The molecule has 5 N–H and O–H groups in total. The van der Waals surface area contributed by atoms with Crippen molar-refractivity contribution in [3.63, 3.8) is 0 Å². The van der Waals surface area contributed by atoms with Crippen molar-refractivity contribution in [1.82, 2.24) is 14.5 Å². The van der Waals surface area contributed by atoms with Crippen molar-refractivity contribution < 1.29 is 14.3 Å². The van der Waals surface area contributed by atoms with E-state index in [9.17, 15) is 4.79 Å². The molecule has 0 atom stereocenters. The lowest BCUT2D eigenvalue weighted by molar-refractivity contribution is 0.100. The van der Waals surface area contributed by atoms with E-state index < -0.39 is 5.91 Å². The van der Waals surface area contributed by atoms with Crippen LogP contribution in [0, 0.1) is 13.8 Å². The lowest BCUT2D eigenvalue weighted by Gasteiger charge is -2.18. The highest BCUT2D eigenvalue weighted by Crippen LogP contribution is 2.36. The topological polar surface area (TPSA) is 130 Å². The first-order chi connectivity index (χ1) is 19.4. The minimum absolute atomic E-state index is 0.183. The number of fused-ring (bicyclic) bond motifs is 1. The number of nitrogens with zero attached hydrogens (tertiary/aromatic N) is 3. The Morgan fingerprint density at radius 3 is 2.30 bits per heavy atom. The lowest BCUT2D eigenvalue weighted by atomic mass is 10.1. The summed E-state index contributed by atoms with van der Waals surface area (Å²) in [6.07, 6.45) is 1.57. The summed E-state index contributed by atoms with van der Waals surface area (Å²) in [4.78, 5) is 21.6. The van der Waals surface area contributed by atoms with Crippen molar-refractivity contribution in [3.8, 4) is 11.4 Å². The molecular formula is C31H32N6O3. The molecule has 3 aromatic carbocycles. The number of carbonyl (C=O) groups is 1. The van der Waals surface area contributed by atoms with Crippen LogP contribution in [-0.2, 0) is 18.0 Å². The van der Waals surface area contributed by atoms with Crippen molar-refractivity contribution in [2.45, 2.75) is 27.1 Å². The van der Waals surface area contributed by atoms with Crippen molar-refractivity contribution >= 4 is 28.7 Å². The molecule has 0 unspecified atom stereocenters. The summed E-state index contributed by atoms with van der Waals surface area (Å²) < 4.78 is 13.7. The van der Waals surface area contributed by atoms with Crippen LogP contribution in [0.2, 0.25) is 0 Å². The Morgan fingerprint density at radius 2 is 1.62 bits per heavy atom. The predicted molar refractivity (Wildman–Crippen MR) is 157 cm³/mol. The fourth-order valence-electron chi connectivity index (χ4n) is 4.71. The van der Waals surface area contributed by atoms with Crippen molar-refractivity contribution in [3.05, 3.63) is 107 Å². The second-order valence-electron chi connectivity index (χ2n) is 9.48. The summed E-state index contributed by atoms with van der Waals surface area (Å²) >= 11 is 0. The maximum atomic E-state index is 12.4. The molecule has 0 bridgehead atoms. The van der Waals surface area contributed by atoms with E-state index in [4.69, 9.17) is 25.9 Å². The van der Waals surface area contributed by atoms with E-state index in [0.717, 1.165) is 27.9 Å². The van der Waals surface area contributed by atoms with E-state index >= 15 is 0 Å². The molecule has 0 aliphatic carbocycles. The third-order valence-electron chi connectivity index (χ3n) is 6.68. The first kappa shape index (κ1) is 26.7. The molecular weight excluding hydrogens is 504 g/mol. The van der Waals surface area contributed by atoms with E-state index in [1.165, 1.54) is 0 Å². The zero-order valence-corrected chi connectivity index (χ0v) is 22.6. The number of hydrogen-bond donors (Lipinski definition) is 3. The number of aromatic nitrogens is 3. The van der Waals surface area contributed by atoms with Crippen LogP contribution in [0.3, 0.4) is 0 Å². The quantitative estimate of drug-likeness (QED) is 0.204. The SMILES string of the molecule is Cc1ccc(OCc2ccccc2)c(C)c1-n1c(N)c(C(N)=O)c2cnc(NCCOCc3ccccc3)nc21. The van der Waals surface area contributed by atoms with Gasteiger partial charge in [-0.15, -0.1) is 0 Å². The minimum atomic E-state index is -0.647. The number of nitrogen functional groups attached to an aromatic ring is 1. The monoisotopic (exact) mass is 536 g/mol. The molecule has 2 heterocycles. The van der Waals surface area contributed by atoms with Crippen LogP contribution in [0.25, 0.3) is 16.7 Å². The highest BCUT2D eigenvalue weighted by atomic mass is 16.5. The van der Waals surface area contributed by atoms with E-state index in [-0.39, 0.29) is 11.4 Å². The van der Waals surface area contributed by atoms with Gasteiger partial charge in [-0.25, -0.2) is 4.98 Å². The number of rotatable bonds is 11. The molecule has 0 saturated heterocycles. The number of carbonyl (C=O) groups excluding carboxylic acids is 1. The fourth-order valence-corrected chi connectivity index (χ4v) is 4.71. The number of amides is 1. The molecule has 0 aliphatic heterocycles. The van der Waals surface area contributed by atoms with Crippen LogP contribution >= 0.6 is 0 Å². The lowest BCUT2D eigenvalue weighted by Crippen LogP contribution is -2.14. The summed E-state index contributed by atoms with van der Waals surface area (Å²) in [5, 5.41) is 3.67. The minimum Gasteiger partial charge on any atom is -0.489 e. The van der Waals surface area contributed by atoms with Gasteiger partial charge in [0.25, 0.3) is 5.91 Å². The molecule has 5 aromatic rings. The summed E-state index contributed by atoms with van der Waals surface area (Å²) in [7, 11) is 0. The highest BCUT2D eigenvalue weighted by molar-refractivity contribution is 6.11. The van der Waals surface area contributed by atoms with Crippen LogP contribution < -0.4 is 21.5 Å². The third-order valence-corrected chi connectivity index (χ3v) is 6.68. The molecule has 40 heavy (non-hydrogen) atoms. The average Bonchev–Trinajstić information content (AvgIpc) is 3.25. The molecule has 1 amide bonds. The molecule has 0 radical (unpaired) electrons. The fraction of sp³-hybridized carbons (Fsp3) is 0.194. The predicted octanol–water partition coefficient (Wildman–Crippen LogP) is 4.93. The van der Waals surface area contributed by atoms with Gasteiger partial charge in [0.2, 0.25) is 5.95 Å². The zero-order valence-electron chi connectivity index (χ0n) is 22.6. The Kier molecular flexibility index (Phi) is 7.93. The summed E-state index contributed by atoms with van der Waals surface area (Å²) in [6, 6.07) is 23.8. The highest BCUT2D eigenvalue weighted by Gasteiger charge is 2.24. The molecule has 0 saturated carbocycles. The number of primary amides is 1. The van der Waals surface area contributed by atoms with Gasteiger partial charge in [-0.2, -0.15) is 4.98 Å². The Labute approximate surface area is 232 Å². The van der Waals surface area contributed by atoms with Crippen LogP contribution in [-0.4, -0.2) is 33.6 Å². The zero-order chi connectivity index (χ0) is 28.1. The van der Waals surface area contributed by atoms with Gasteiger partial charge in [0, 0.05) is 18.3 Å². The Morgan fingerprint density at radius 1 is 0.950 bits per heavy atom. The van der Waals surface area contributed by atoms with Crippen LogP contribution in [0.4, 0.5) is 11.8 Å². The summed E-state index contributed by atoms with van der Waals surface area (Å²) in [5.41, 5.74) is 17.7. The van der Waals surface area contributed by atoms with Gasteiger partial charge in [-0.05, 0) is 36.6 Å². The van der Waals surface area contributed by atoms with Crippen LogP contribution in [0.15, 0.2) is 79.0 Å². The molecule has 2 aromatic heterocycles. The summed E-state index contributed by atoms with van der Waals surface area (Å²) in [5.74, 6) is 0.643. The largest absolute Gasteiger partial charge is 0.489 e. The number of aryl methyl sites for hydroxylation is 1. The van der Waals surface area contributed by atoms with Gasteiger partial charge in [0.05, 0.1) is 29.9 Å². The molecule has 0 spiro atoms. The number of nitrogens with one attached hydrogen (secondary N) is 1. The molecule has 5 rings (SSSR count). The number of anilines is 2. The van der Waals surface area contributed by atoms with Gasteiger partial charge in [0.15, 0.2) is 5.65 Å². The van der Waals surface area contributed by atoms with Crippen molar-refractivity contribution in [1.29, 1.82) is 0 Å². The molecule has 0 aliphatic rings. The van der Waals surface area contributed by atoms with E-state index in [0.29, 0.717) is 49.1 Å². The Hall–Kier alpha value is -4.89. The average molecular weight is 537 g/mol.